The van der Waals surface area contributed by atoms with E-state index in [9.17, 15) is 29.9 Å². The molecule has 0 aliphatic heterocycles. The second-order valence-corrected chi connectivity index (χ2v) is 8.87. The van der Waals surface area contributed by atoms with Crippen LogP contribution in [0.3, 0.4) is 0 Å². The van der Waals surface area contributed by atoms with Crippen molar-refractivity contribution < 1.29 is 39.2 Å². The standard InChI is InChI=1S/C24H31NO9/c1-14(2)18-7-6-16(13-33-15(3)26)10-19(18)22-20(27)11-17(12-21(22)28)24(4,5)23(29)32-8-9-34-25(30)31/h10-12,18-19,27-28H,1,6-9,13H2,2-5H3/t18-,19+/m1/s1. The number of benzene rings is 1. The molecule has 186 valence electrons. The van der Waals surface area contributed by atoms with Gasteiger partial charge < -0.3 is 24.5 Å². The van der Waals surface area contributed by atoms with Crippen molar-refractivity contribution in [2.45, 2.75) is 51.9 Å². The summed E-state index contributed by atoms with van der Waals surface area (Å²) in [6.45, 7) is 9.76. The van der Waals surface area contributed by atoms with E-state index in [1.807, 2.05) is 13.0 Å². The monoisotopic (exact) mass is 477 g/mol. The van der Waals surface area contributed by atoms with E-state index in [0.717, 1.165) is 11.1 Å². The highest BCUT2D eigenvalue weighted by Crippen LogP contribution is 2.47. The Hall–Kier alpha value is -3.56. The molecule has 1 aromatic rings. The van der Waals surface area contributed by atoms with Gasteiger partial charge in [0.25, 0.3) is 5.09 Å². The summed E-state index contributed by atoms with van der Waals surface area (Å²) >= 11 is 0. The van der Waals surface area contributed by atoms with Crippen LogP contribution in [0.4, 0.5) is 0 Å². The van der Waals surface area contributed by atoms with Crippen molar-refractivity contribution in [3.05, 3.63) is 57.2 Å². The number of carbonyl (C=O) groups excluding carboxylic acids is 2. The number of phenolic OH excluding ortho intramolecular Hbond substituents is 2. The topological polar surface area (TPSA) is 145 Å². The lowest BCUT2D eigenvalue weighted by Gasteiger charge is -2.32. The Labute approximate surface area is 197 Å². The number of esters is 2. The van der Waals surface area contributed by atoms with Crippen LogP contribution >= 0.6 is 0 Å². The lowest BCUT2D eigenvalue weighted by atomic mass is 9.73. The highest BCUT2D eigenvalue weighted by atomic mass is 17.0. The van der Waals surface area contributed by atoms with Crippen LogP contribution in [-0.4, -0.2) is 47.1 Å². The Balaban J connectivity index is 2.34. The second-order valence-electron chi connectivity index (χ2n) is 8.87. The first-order valence-corrected chi connectivity index (χ1v) is 10.8. The van der Waals surface area contributed by atoms with Crippen molar-refractivity contribution in [1.82, 2.24) is 0 Å². The van der Waals surface area contributed by atoms with Crippen molar-refractivity contribution in [2.75, 3.05) is 19.8 Å². The second kappa shape index (κ2) is 11.0. The number of phenols is 2. The van der Waals surface area contributed by atoms with Crippen LogP contribution in [0.5, 0.6) is 11.5 Å². The third-order valence-electron chi connectivity index (χ3n) is 5.93. The quantitative estimate of drug-likeness (QED) is 0.169. The summed E-state index contributed by atoms with van der Waals surface area (Å²) in [7, 11) is 0. The van der Waals surface area contributed by atoms with Crippen LogP contribution in [0.15, 0.2) is 35.9 Å². The maximum absolute atomic E-state index is 12.6. The van der Waals surface area contributed by atoms with E-state index in [2.05, 4.69) is 11.4 Å². The number of hydrogen-bond acceptors (Lipinski definition) is 9. The lowest BCUT2D eigenvalue weighted by Crippen LogP contribution is -2.32. The molecule has 1 aromatic carbocycles. The number of aromatic hydroxyl groups is 2. The largest absolute Gasteiger partial charge is 0.507 e. The molecule has 0 spiro atoms. The Bertz CT molecular complexity index is 973. The van der Waals surface area contributed by atoms with Crippen molar-refractivity contribution in [3.63, 3.8) is 0 Å². The molecule has 2 rings (SSSR count). The van der Waals surface area contributed by atoms with Gasteiger partial charge in [0.2, 0.25) is 0 Å². The number of hydrogen-bond donors (Lipinski definition) is 2. The van der Waals surface area contributed by atoms with Crippen LogP contribution in [0, 0.1) is 16.0 Å². The van der Waals surface area contributed by atoms with E-state index in [4.69, 9.17) is 9.47 Å². The van der Waals surface area contributed by atoms with Gasteiger partial charge in [-0.15, -0.1) is 10.1 Å². The normalized spacial score (nSPS) is 17.9. The molecular weight excluding hydrogens is 446 g/mol. The molecule has 0 fully saturated rings. The number of nitrogens with zero attached hydrogens (tertiary/aromatic N) is 1. The first-order valence-electron chi connectivity index (χ1n) is 10.8. The Morgan fingerprint density at radius 3 is 2.32 bits per heavy atom. The fraction of sp³-hybridized carbons (Fsp3) is 0.500. The van der Waals surface area contributed by atoms with E-state index in [1.54, 1.807) is 13.8 Å². The fourth-order valence-corrected chi connectivity index (χ4v) is 4.00. The smallest absolute Gasteiger partial charge is 0.316 e. The number of allylic oxidation sites excluding steroid dienone is 2. The summed E-state index contributed by atoms with van der Waals surface area (Å²) < 4.78 is 10.2. The van der Waals surface area contributed by atoms with Crippen LogP contribution in [0.25, 0.3) is 0 Å². The van der Waals surface area contributed by atoms with Crippen molar-refractivity contribution in [3.8, 4) is 11.5 Å². The van der Waals surface area contributed by atoms with E-state index in [1.165, 1.54) is 19.1 Å². The van der Waals surface area contributed by atoms with Crippen molar-refractivity contribution in [2.24, 2.45) is 5.92 Å². The molecule has 2 N–H and O–H groups in total. The predicted octanol–water partition coefficient (Wildman–Crippen LogP) is 3.69. The number of rotatable bonds is 10. The molecule has 0 bridgehead atoms. The van der Waals surface area contributed by atoms with Gasteiger partial charge in [-0.05, 0) is 62.8 Å². The molecule has 0 unspecified atom stereocenters. The average Bonchev–Trinajstić information content (AvgIpc) is 2.74. The third kappa shape index (κ3) is 6.49. The molecule has 10 nitrogen and oxygen atoms in total. The molecule has 10 heteroatoms. The van der Waals surface area contributed by atoms with Crippen LogP contribution < -0.4 is 0 Å². The molecular formula is C24H31NO9. The predicted molar refractivity (Wildman–Crippen MR) is 122 cm³/mol. The van der Waals surface area contributed by atoms with E-state index >= 15 is 0 Å². The van der Waals surface area contributed by atoms with Crippen LogP contribution in [0.2, 0.25) is 0 Å². The van der Waals surface area contributed by atoms with Crippen LogP contribution in [0.1, 0.15) is 57.6 Å². The maximum atomic E-state index is 12.6. The molecule has 0 heterocycles. The molecule has 0 aromatic heterocycles. The van der Waals surface area contributed by atoms with Gasteiger partial charge in [-0.1, -0.05) is 18.2 Å². The minimum atomic E-state index is -1.27. The third-order valence-corrected chi connectivity index (χ3v) is 5.93. The highest BCUT2D eigenvalue weighted by molar-refractivity contribution is 5.82. The summed E-state index contributed by atoms with van der Waals surface area (Å²) in [4.78, 5) is 38.1. The molecule has 0 saturated carbocycles. The van der Waals surface area contributed by atoms with E-state index in [-0.39, 0.29) is 30.6 Å². The summed E-state index contributed by atoms with van der Waals surface area (Å²) in [5.41, 5.74) is 1.09. The summed E-state index contributed by atoms with van der Waals surface area (Å²) in [6.07, 6.45) is 3.28. The summed E-state index contributed by atoms with van der Waals surface area (Å²) in [5, 5.41) is 31.0. The molecule has 1 aliphatic rings. The summed E-state index contributed by atoms with van der Waals surface area (Å²) in [5.74, 6) is -1.95. The summed E-state index contributed by atoms with van der Waals surface area (Å²) in [6, 6.07) is 2.79. The molecule has 2 atom stereocenters. The van der Waals surface area contributed by atoms with E-state index in [0.29, 0.717) is 24.0 Å². The Kier molecular flexibility index (Phi) is 8.67. The van der Waals surface area contributed by atoms with Crippen molar-refractivity contribution >= 4 is 11.9 Å². The number of carbonyl (C=O) groups is 2. The van der Waals surface area contributed by atoms with Gasteiger partial charge in [0.05, 0.1) is 5.41 Å². The SMILES string of the molecule is C=C(C)[C@H]1CCC(COC(C)=O)=C[C@@H]1c1c(O)cc(C(C)(C)C(=O)OCCO[N+](=O)[O-])cc1O. The lowest BCUT2D eigenvalue weighted by molar-refractivity contribution is -0.757. The van der Waals surface area contributed by atoms with Gasteiger partial charge in [0, 0.05) is 18.4 Å². The van der Waals surface area contributed by atoms with Crippen LogP contribution in [-0.2, 0) is 29.3 Å². The molecule has 0 amide bonds. The first kappa shape index (κ1) is 26.7. The van der Waals surface area contributed by atoms with Gasteiger partial charge >= 0.3 is 11.9 Å². The Morgan fingerprint density at radius 1 is 1.18 bits per heavy atom. The zero-order valence-electron chi connectivity index (χ0n) is 19.8. The maximum Gasteiger partial charge on any atom is 0.316 e. The average molecular weight is 478 g/mol. The Morgan fingerprint density at radius 2 is 1.79 bits per heavy atom. The molecule has 34 heavy (non-hydrogen) atoms. The van der Waals surface area contributed by atoms with Gasteiger partial charge in [-0.2, -0.15) is 0 Å². The van der Waals surface area contributed by atoms with Gasteiger partial charge in [-0.25, -0.2) is 0 Å². The molecule has 1 aliphatic carbocycles. The highest BCUT2D eigenvalue weighted by Gasteiger charge is 2.36. The van der Waals surface area contributed by atoms with E-state index < -0.39 is 35.0 Å². The fourth-order valence-electron chi connectivity index (χ4n) is 4.00. The van der Waals surface area contributed by atoms with Gasteiger partial charge in [0.15, 0.2) is 0 Å². The molecule has 0 saturated heterocycles. The molecule has 0 radical (unpaired) electrons. The minimum Gasteiger partial charge on any atom is -0.507 e. The van der Waals surface area contributed by atoms with Gasteiger partial charge in [-0.3, -0.25) is 9.59 Å². The zero-order valence-corrected chi connectivity index (χ0v) is 19.8. The first-order chi connectivity index (χ1) is 15.8. The van der Waals surface area contributed by atoms with Gasteiger partial charge in [0.1, 0.15) is 31.3 Å². The number of ether oxygens (including phenoxy) is 2. The minimum absolute atomic E-state index is 0.0525. The van der Waals surface area contributed by atoms with Crippen molar-refractivity contribution in [1.29, 1.82) is 0 Å². The zero-order chi connectivity index (χ0) is 25.6.